The summed E-state index contributed by atoms with van der Waals surface area (Å²) in [6, 6.07) is 14.5. The highest BCUT2D eigenvalue weighted by atomic mass is 16.3. The Balaban J connectivity index is 1.38. The smallest absolute Gasteiger partial charge is 0.257 e. The van der Waals surface area contributed by atoms with Crippen LogP contribution in [-0.2, 0) is 5.54 Å². The fourth-order valence-electron chi connectivity index (χ4n) is 4.99. The molecule has 1 aromatic carbocycles. The van der Waals surface area contributed by atoms with Crippen molar-refractivity contribution in [2.24, 2.45) is 0 Å². The zero-order chi connectivity index (χ0) is 19.7. The van der Waals surface area contributed by atoms with Gasteiger partial charge < -0.3 is 9.32 Å². The van der Waals surface area contributed by atoms with Gasteiger partial charge >= 0.3 is 0 Å². The van der Waals surface area contributed by atoms with Crippen molar-refractivity contribution < 1.29 is 9.21 Å². The van der Waals surface area contributed by atoms with Gasteiger partial charge in [0.1, 0.15) is 5.69 Å². The minimum absolute atomic E-state index is 0.0215. The molecule has 0 spiro atoms. The highest BCUT2D eigenvalue weighted by Crippen LogP contribution is 2.41. The lowest BCUT2D eigenvalue weighted by atomic mass is 9.79. The molecule has 3 aromatic rings. The summed E-state index contributed by atoms with van der Waals surface area (Å²) < 4.78 is 5.47. The Hall–Kier alpha value is -2.86. The van der Waals surface area contributed by atoms with Crippen LogP contribution < -0.4 is 0 Å². The number of benzene rings is 1. The zero-order valence-electron chi connectivity index (χ0n) is 16.5. The van der Waals surface area contributed by atoms with E-state index in [4.69, 9.17) is 4.42 Å². The zero-order valence-corrected chi connectivity index (χ0v) is 16.5. The third-order valence-electron chi connectivity index (χ3n) is 6.54. The maximum absolute atomic E-state index is 13.3. The largest absolute Gasteiger partial charge is 0.463 e. The molecule has 2 fully saturated rings. The third kappa shape index (κ3) is 3.17. The van der Waals surface area contributed by atoms with E-state index in [1.807, 2.05) is 17.0 Å². The number of carbonyl (C=O) groups excluding carboxylic acids is 1. The molecular weight excluding hydrogens is 364 g/mol. The number of nitrogens with zero attached hydrogens (tertiary/aromatic N) is 3. The number of amides is 1. The first-order valence-electron chi connectivity index (χ1n) is 10.4. The van der Waals surface area contributed by atoms with Crippen molar-refractivity contribution in [3.63, 3.8) is 0 Å². The van der Waals surface area contributed by atoms with Gasteiger partial charge in [-0.25, -0.2) is 0 Å². The van der Waals surface area contributed by atoms with Crippen LogP contribution in [0.5, 0.6) is 0 Å². The highest BCUT2D eigenvalue weighted by molar-refractivity contribution is 5.99. The molecule has 0 unspecified atom stereocenters. The molecule has 1 N–H and O–H groups in total. The highest BCUT2D eigenvalue weighted by Gasteiger charge is 2.43. The lowest BCUT2D eigenvalue weighted by molar-refractivity contribution is 0.0295. The number of nitrogens with one attached hydrogen (secondary N) is 1. The van der Waals surface area contributed by atoms with Gasteiger partial charge in [-0.15, -0.1) is 0 Å². The lowest BCUT2D eigenvalue weighted by Gasteiger charge is -2.48. The molecule has 2 aliphatic heterocycles. The molecule has 6 heteroatoms. The molecule has 2 aliphatic rings. The maximum Gasteiger partial charge on any atom is 0.257 e. The van der Waals surface area contributed by atoms with Crippen molar-refractivity contribution in [2.75, 3.05) is 26.2 Å². The topological polar surface area (TPSA) is 65.4 Å². The molecule has 0 atom stereocenters. The normalized spacial score (nSPS) is 19.5. The van der Waals surface area contributed by atoms with E-state index in [1.54, 1.807) is 12.5 Å². The summed E-state index contributed by atoms with van der Waals surface area (Å²) in [4.78, 5) is 17.9. The van der Waals surface area contributed by atoms with Crippen molar-refractivity contribution in [1.29, 1.82) is 0 Å². The van der Waals surface area contributed by atoms with Crippen LogP contribution in [0.25, 0.3) is 11.5 Å². The number of likely N-dealkylation sites (tertiary alicyclic amines) is 2. The van der Waals surface area contributed by atoms with Gasteiger partial charge in [0.2, 0.25) is 0 Å². The van der Waals surface area contributed by atoms with Crippen LogP contribution in [0, 0.1) is 0 Å². The van der Waals surface area contributed by atoms with Gasteiger partial charge in [0.15, 0.2) is 5.76 Å². The molecule has 4 heterocycles. The van der Waals surface area contributed by atoms with E-state index in [-0.39, 0.29) is 11.4 Å². The van der Waals surface area contributed by atoms with E-state index in [1.165, 1.54) is 18.4 Å². The Labute approximate surface area is 170 Å². The number of furan rings is 1. The van der Waals surface area contributed by atoms with E-state index < -0.39 is 0 Å². The molecule has 0 bridgehead atoms. The van der Waals surface area contributed by atoms with Crippen LogP contribution in [0.1, 0.15) is 41.6 Å². The molecule has 0 saturated carbocycles. The van der Waals surface area contributed by atoms with Gasteiger partial charge in [0.05, 0.1) is 18.0 Å². The average Bonchev–Trinajstić information content (AvgIpc) is 3.56. The van der Waals surface area contributed by atoms with Crippen molar-refractivity contribution in [2.45, 2.75) is 31.2 Å². The van der Waals surface area contributed by atoms with Gasteiger partial charge in [-0.1, -0.05) is 30.3 Å². The monoisotopic (exact) mass is 390 g/mol. The van der Waals surface area contributed by atoms with Crippen molar-refractivity contribution >= 4 is 5.91 Å². The maximum atomic E-state index is 13.3. The summed E-state index contributed by atoms with van der Waals surface area (Å²) in [6.07, 6.45) is 7.65. The molecule has 29 heavy (non-hydrogen) atoms. The Morgan fingerprint density at radius 3 is 2.45 bits per heavy atom. The first kappa shape index (κ1) is 18.2. The standard InChI is InChI=1S/C23H26N4O2/c28-22(19-17-24-25-21(19)20-9-6-16-29-20)26-14-10-23(11-15-26,27-12-4-5-13-27)18-7-2-1-3-8-18/h1-3,6-9,16-17H,4-5,10-15H2,(H,24,25). The molecule has 0 aliphatic carbocycles. The van der Waals surface area contributed by atoms with Crippen LogP contribution in [0.15, 0.2) is 59.3 Å². The molecular formula is C23H26N4O2. The van der Waals surface area contributed by atoms with Crippen LogP contribution >= 0.6 is 0 Å². The van der Waals surface area contributed by atoms with Crippen LogP contribution in [0.2, 0.25) is 0 Å². The van der Waals surface area contributed by atoms with Gasteiger partial charge in [-0.3, -0.25) is 14.8 Å². The van der Waals surface area contributed by atoms with Gasteiger partial charge in [0.25, 0.3) is 5.91 Å². The first-order valence-corrected chi connectivity index (χ1v) is 10.4. The summed E-state index contributed by atoms with van der Waals surface area (Å²) in [5, 5.41) is 7.01. The number of hydrogen-bond donors (Lipinski definition) is 1. The average molecular weight is 390 g/mol. The summed E-state index contributed by atoms with van der Waals surface area (Å²) in [7, 11) is 0. The lowest BCUT2D eigenvalue weighted by Crippen LogP contribution is -2.53. The second-order valence-corrected chi connectivity index (χ2v) is 8.02. The number of carbonyl (C=O) groups is 1. The number of hydrogen-bond acceptors (Lipinski definition) is 4. The molecule has 2 aromatic heterocycles. The molecule has 0 radical (unpaired) electrons. The second kappa shape index (κ2) is 7.52. The number of rotatable bonds is 4. The predicted molar refractivity (Wildman–Crippen MR) is 110 cm³/mol. The minimum atomic E-state index is 0.0215. The number of aromatic nitrogens is 2. The van der Waals surface area contributed by atoms with Gasteiger partial charge in [-0.05, 0) is 56.5 Å². The van der Waals surface area contributed by atoms with Gasteiger partial charge in [-0.2, -0.15) is 5.10 Å². The first-order chi connectivity index (χ1) is 14.3. The fourth-order valence-corrected chi connectivity index (χ4v) is 4.99. The van der Waals surface area contributed by atoms with Crippen molar-refractivity contribution in [1.82, 2.24) is 20.0 Å². The van der Waals surface area contributed by atoms with E-state index in [0.29, 0.717) is 17.0 Å². The fraction of sp³-hybridized carbons (Fsp3) is 0.391. The summed E-state index contributed by atoms with van der Waals surface area (Å²) in [6.45, 7) is 3.78. The van der Waals surface area contributed by atoms with E-state index in [0.717, 1.165) is 39.0 Å². The molecule has 2 saturated heterocycles. The van der Waals surface area contributed by atoms with Crippen LogP contribution in [0.4, 0.5) is 0 Å². The summed E-state index contributed by atoms with van der Waals surface area (Å²) >= 11 is 0. The Morgan fingerprint density at radius 2 is 1.76 bits per heavy atom. The van der Waals surface area contributed by atoms with E-state index in [9.17, 15) is 4.79 Å². The van der Waals surface area contributed by atoms with Crippen LogP contribution in [-0.4, -0.2) is 52.1 Å². The summed E-state index contributed by atoms with van der Waals surface area (Å²) in [5.41, 5.74) is 2.65. The SMILES string of the molecule is O=C(c1cn[nH]c1-c1ccco1)N1CCC(c2ccccc2)(N2CCCC2)CC1. The minimum Gasteiger partial charge on any atom is -0.463 e. The predicted octanol–water partition coefficient (Wildman–Crippen LogP) is 3.90. The van der Waals surface area contributed by atoms with E-state index >= 15 is 0 Å². The molecule has 150 valence electrons. The molecule has 6 nitrogen and oxygen atoms in total. The van der Waals surface area contributed by atoms with Crippen molar-refractivity contribution in [3.05, 3.63) is 66.1 Å². The number of aromatic amines is 1. The van der Waals surface area contributed by atoms with Crippen LogP contribution in [0.3, 0.4) is 0 Å². The Kier molecular flexibility index (Phi) is 4.72. The Bertz CT molecular complexity index is 950. The van der Waals surface area contributed by atoms with E-state index in [2.05, 4.69) is 45.4 Å². The van der Waals surface area contributed by atoms with Gasteiger partial charge in [0, 0.05) is 18.6 Å². The van der Waals surface area contributed by atoms with Crippen molar-refractivity contribution in [3.8, 4) is 11.5 Å². The quantitative estimate of drug-likeness (QED) is 0.734. The molecule has 5 rings (SSSR count). The Morgan fingerprint density at radius 1 is 1.00 bits per heavy atom. The third-order valence-corrected chi connectivity index (χ3v) is 6.54. The number of piperidine rings is 1. The second-order valence-electron chi connectivity index (χ2n) is 8.02. The summed E-state index contributed by atoms with van der Waals surface area (Å²) in [5.74, 6) is 0.659. The molecule has 1 amide bonds. The number of H-pyrrole nitrogens is 1.